The molecule has 8 amide bonds. The average molecular weight is 1320 g/mol. The molecule has 0 saturated carbocycles. The molecule has 3 heterocycles. The van der Waals surface area contributed by atoms with Crippen molar-refractivity contribution in [1.29, 1.82) is 0 Å². The normalized spacial score (nSPS) is 12.5. The minimum absolute atomic E-state index is 0. The first-order chi connectivity index (χ1) is 43.2. The van der Waals surface area contributed by atoms with Crippen molar-refractivity contribution < 1.29 is 88.1 Å². The number of hydroxylamine groups is 4. The SMILES string of the molecule is CC(C)CNC(=O)[C@@H](CC(C)C)ON.CC(C)CNC(=O)[C@@H](CC(C)C)ON1C(=O)c2ccccc2C1=O.CC(C)CNC(=O)[C@@H](CC(C)C)ONC(=O)c1cccc(C(=O)NO[C@H](CC(C)C)C(=O)NCC(C)C)n1.CO.NN.O.O=C(O)c1cccc(C(=O)O)n1. The maximum atomic E-state index is 12.7. The maximum Gasteiger partial charge on any atom is 0.354 e. The van der Waals surface area contributed by atoms with Gasteiger partial charge in [-0.2, -0.15) is 0 Å². The fourth-order valence-electron chi connectivity index (χ4n) is 7.33. The Bertz CT molecular complexity index is 2610. The van der Waals surface area contributed by atoms with E-state index in [2.05, 4.69) is 58.7 Å². The zero-order chi connectivity index (χ0) is 71.0. The fourth-order valence-corrected chi connectivity index (χ4v) is 7.33. The van der Waals surface area contributed by atoms with Crippen LogP contribution in [0.5, 0.6) is 0 Å². The summed E-state index contributed by atoms with van der Waals surface area (Å²) in [5.74, 6) is 9.20. The number of aromatic carboxylic acids is 2. The fraction of sp³-hybridized carbons (Fsp3) is 0.587. The van der Waals surface area contributed by atoms with E-state index in [1.807, 2.05) is 111 Å². The van der Waals surface area contributed by atoms with Crippen molar-refractivity contribution in [3.05, 3.63) is 94.6 Å². The Balaban J connectivity index is -0.00000125. The molecule has 3 aromatic rings. The summed E-state index contributed by atoms with van der Waals surface area (Å²) in [5.41, 5.74) is 4.43. The summed E-state index contributed by atoms with van der Waals surface area (Å²) >= 11 is 0. The molecule has 17 N–H and O–H groups in total. The lowest BCUT2D eigenvalue weighted by molar-refractivity contribution is -0.162. The van der Waals surface area contributed by atoms with E-state index in [0.717, 1.165) is 7.11 Å². The number of amides is 8. The van der Waals surface area contributed by atoms with Gasteiger partial charge in [0.25, 0.3) is 47.3 Å². The molecule has 0 radical (unpaired) electrons. The van der Waals surface area contributed by atoms with Gasteiger partial charge < -0.3 is 42.1 Å². The molecule has 0 fully saturated rings. The highest BCUT2D eigenvalue weighted by molar-refractivity contribution is 6.20. The molecule has 0 aliphatic carbocycles. The van der Waals surface area contributed by atoms with Gasteiger partial charge in [-0.25, -0.2) is 41.3 Å². The first-order valence-corrected chi connectivity index (χ1v) is 30.4. The largest absolute Gasteiger partial charge is 0.477 e. The zero-order valence-corrected chi connectivity index (χ0v) is 57.0. The van der Waals surface area contributed by atoms with Gasteiger partial charge in [-0.1, -0.05) is 135 Å². The number of benzene rings is 1. The summed E-state index contributed by atoms with van der Waals surface area (Å²) in [6, 6.07) is 14.6. The van der Waals surface area contributed by atoms with Gasteiger partial charge in [-0.05, 0) is 109 Å². The van der Waals surface area contributed by atoms with Gasteiger partial charge in [0.05, 0.1) is 11.1 Å². The Morgan fingerprint density at radius 3 is 0.989 bits per heavy atom. The van der Waals surface area contributed by atoms with Crippen LogP contribution in [0.2, 0.25) is 0 Å². The van der Waals surface area contributed by atoms with E-state index in [4.69, 9.17) is 35.7 Å². The molecule has 4 rings (SSSR count). The third-order valence-corrected chi connectivity index (χ3v) is 11.8. The first-order valence-electron chi connectivity index (χ1n) is 30.4. The number of nitrogens with zero attached hydrogens (tertiary/aromatic N) is 3. The van der Waals surface area contributed by atoms with Gasteiger partial charge in [0.2, 0.25) is 0 Å². The highest BCUT2D eigenvalue weighted by Crippen LogP contribution is 2.25. The molecule has 2 aromatic heterocycles. The molecule has 526 valence electrons. The number of hydrogen-bond acceptors (Lipinski definition) is 20. The number of imide groups is 1. The lowest BCUT2D eigenvalue weighted by Crippen LogP contribution is -2.44. The Morgan fingerprint density at radius 1 is 0.430 bits per heavy atom. The third kappa shape index (κ3) is 37.4. The third-order valence-electron chi connectivity index (χ3n) is 11.8. The molecule has 0 unspecified atom stereocenters. The summed E-state index contributed by atoms with van der Waals surface area (Å²) < 4.78 is 0. The molecule has 30 nitrogen and oxygen atoms in total. The highest BCUT2D eigenvalue weighted by Gasteiger charge is 2.39. The van der Waals surface area contributed by atoms with E-state index < -0.39 is 60.0 Å². The molecular formula is C63H106N12O18. The summed E-state index contributed by atoms with van der Waals surface area (Å²) in [5, 5.41) is 35.8. The van der Waals surface area contributed by atoms with Gasteiger partial charge in [0.15, 0.2) is 24.4 Å². The second-order valence-electron chi connectivity index (χ2n) is 24.2. The molecule has 30 heteroatoms. The Hall–Kier alpha value is -7.94. The van der Waals surface area contributed by atoms with Crippen molar-refractivity contribution in [3.8, 4) is 0 Å². The monoisotopic (exact) mass is 1320 g/mol. The first kappa shape index (κ1) is 89.3. The number of carboxylic acid groups (broad SMARTS) is 2. The molecule has 4 atom stereocenters. The average Bonchev–Trinajstić information content (AvgIpc) is 1.64. The van der Waals surface area contributed by atoms with E-state index in [0.29, 0.717) is 85.8 Å². The van der Waals surface area contributed by atoms with Gasteiger partial charge in [-0.15, -0.1) is 5.06 Å². The molecule has 0 saturated heterocycles. The topological polar surface area (TPSA) is 479 Å². The number of nitrogens with one attached hydrogen (secondary N) is 6. The predicted octanol–water partition coefficient (Wildman–Crippen LogP) is 4.32. The van der Waals surface area contributed by atoms with Crippen LogP contribution >= 0.6 is 0 Å². The Morgan fingerprint density at radius 2 is 0.699 bits per heavy atom. The van der Waals surface area contributed by atoms with E-state index >= 15 is 0 Å². The van der Waals surface area contributed by atoms with Crippen molar-refractivity contribution in [1.82, 2.24) is 47.3 Å². The second kappa shape index (κ2) is 48.8. The molecule has 93 heavy (non-hydrogen) atoms. The predicted molar refractivity (Wildman–Crippen MR) is 347 cm³/mol. The number of rotatable bonds is 31. The number of carbonyl (C=O) groups is 10. The number of carboxylic acids is 2. The van der Waals surface area contributed by atoms with Crippen molar-refractivity contribution in [2.24, 2.45) is 64.9 Å². The van der Waals surface area contributed by atoms with Crippen LogP contribution in [0.15, 0.2) is 60.7 Å². The number of aromatic nitrogens is 2. The van der Waals surface area contributed by atoms with Crippen molar-refractivity contribution in [3.63, 3.8) is 0 Å². The molecule has 1 aliphatic heterocycles. The summed E-state index contributed by atoms with van der Waals surface area (Å²) in [4.78, 5) is 148. The number of hydrogen-bond donors (Lipinski definition) is 12. The summed E-state index contributed by atoms with van der Waals surface area (Å²) in [6.45, 7) is 33.9. The number of hydrazine groups is 1. The number of aliphatic hydroxyl groups excluding tert-OH is 1. The summed E-state index contributed by atoms with van der Waals surface area (Å²) in [7, 11) is 1.00. The van der Waals surface area contributed by atoms with Gasteiger partial charge in [0.1, 0.15) is 22.8 Å². The van der Waals surface area contributed by atoms with Crippen molar-refractivity contribution in [2.45, 2.75) is 161 Å². The minimum Gasteiger partial charge on any atom is -0.477 e. The van der Waals surface area contributed by atoms with Gasteiger partial charge >= 0.3 is 11.9 Å². The standard InChI is InChI=1S/C27H45N5O6.C18H24N2O4.C10H22N2O2.C7H5NO4.CH4O.H4N2.H2O/c1-16(2)12-22(26(35)28-14-18(5)6)37-31-24(33)20-10-9-11-21(30-20)25(34)32-38-23(13-17(3)4)27(36)29-15-19(7)8;1-11(2)9-15(16(21)19-10-12(3)4)24-20-17(22)13-7-5-6-8-14(13)18(20)23;1-7(2)5-9(14-11)10(13)12-6-8(3)4;9-6(10)4-2-1-3-5(8-4)7(11)12;2*1-2;/h9-11,16-19,22-23H,12-15H2,1-8H3,(H,28,35)(H,29,36)(H,31,33)(H,32,34);5-8,11-12,15H,9-10H2,1-4H3,(H,19,21);7-9H,5-6,11H2,1-4H3,(H,12,13);1-3H,(H,9,10)(H,11,12);2H,1H3;1-2H2;1H2/t22-,23-;15-;9-;;;;/m111..../s1. The van der Waals surface area contributed by atoms with Crippen LogP contribution in [-0.4, -0.2) is 153 Å². The second-order valence-corrected chi connectivity index (χ2v) is 24.2. The van der Waals surface area contributed by atoms with Crippen LogP contribution in [0, 0.1) is 47.3 Å². The van der Waals surface area contributed by atoms with Crippen LogP contribution in [0.25, 0.3) is 0 Å². The van der Waals surface area contributed by atoms with Crippen molar-refractivity contribution >= 4 is 59.2 Å². The Labute approximate surface area is 546 Å². The summed E-state index contributed by atoms with van der Waals surface area (Å²) in [6.07, 6.45) is -1.29. The minimum atomic E-state index is -1.24. The van der Waals surface area contributed by atoms with Crippen LogP contribution in [0.3, 0.4) is 0 Å². The van der Waals surface area contributed by atoms with Crippen LogP contribution in [-0.2, 0) is 38.5 Å². The zero-order valence-electron chi connectivity index (χ0n) is 57.0. The van der Waals surface area contributed by atoms with E-state index in [1.165, 1.54) is 36.4 Å². The van der Waals surface area contributed by atoms with E-state index in [9.17, 15) is 47.9 Å². The molecule has 0 bridgehead atoms. The quantitative estimate of drug-likeness (QED) is 0.0242. The number of aliphatic hydroxyl groups is 1. The highest BCUT2D eigenvalue weighted by atomic mass is 16.7. The lowest BCUT2D eigenvalue weighted by Gasteiger charge is -2.23. The number of pyridine rings is 2. The Kier molecular flexibility index (Phi) is 46.8. The molecule has 1 aliphatic rings. The molecule has 1 aromatic carbocycles. The van der Waals surface area contributed by atoms with E-state index in [1.54, 1.807) is 24.3 Å². The molecular weight excluding hydrogens is 1210 g/mol. The van der Waals surface area contributed by atoms with Crippen LogP contribution in [0.1, 0.15) is 199 Å². The molecule has 0 spiro atoms. The smallest absolute Gasteiger partial charge is 0.354 e. The number of fused-ring (bicyclic) bond motifs is 1. The van der Waals surface area contributed by atoms with Crippen molar-refractivity contribution in [2.75, 3.05) is 33.3 Å². The van der Waals surface area contributed by atoms with Crippen LogP contribution in [0.4, 0.5) is 0 Å². The van der Waals surface area contributed by atoms with Gasteiger partial charge in [-0.3, -0.25) is 64.6 Å². The van der Waals surface area contributed by atoms with Crippen LogP contribution < -0.4 is 49.8 Å². The lowest BCUT2D eigenvalue weighted by atomic mass is 10.1. The number of carbonyl (C=O) groups excluding carboxylic acids is 8. The number of nitrogens with two attached hydrogens (primary N) is 3. The van der Waals surface area contributed by atoms with E-state index in [-0.39, 0.29) is 81.5 Å². The van der Waals surface area contributed by atoms with Gasteiger partial charge in [0, 0.05) is 33.3 Å². The maximum absolute atomic E-state index is 12.7.